The Labute approximate surface area is 295 Å². The molecular formula is C37H40N8O6. The van der Waals surface area contributed by atoms with Crippen molar-refractivity contribution in [3.8, 4) is 11.5 Å². The first-order valence-electron chi connectivity index (χ1n) is 16.3. The van der Waals surface area contributed by atoms with Gasteiger partial charge in [0.2, 0.25) is 17.8 Å². The van der Waals surface area contributed by atoms with E-state index in [1.807, 2.05) is 42.5 Å². The van der Waals surface area contributed by atoms with Gasteiger partial charge in [0.15, 0.2) is 0 Å². The molecule has 0 saturated carbocycles. The largest absolute Gasteiger partial charge is 0.508 e. The van der Waals surface area contributed by atoms with Gasteiger partial charge in [0.25, 0.3) is 11.8 Å². The first-order chi connectivity index (χ1) is 24.9. The summed E-state index contributed by atoms with van der Waals surface area (Å²) in [6.07, 6.45) is 0. The maximum Gasteiger partial charge on any atom is 0.251 e. The molecule has 0 spiro atoms. The minimum Gasteiger partial charge on any atom is -0.508 e. The van der Waals surface area contributed by atoms with E-state index in [0.717, 1.165) is 11.3 Å². The van der Waals surface area contributed by atoms with Crippen LogP contribution in [0.2, 0.25) is 0 Å². The zero-order valence-corrected chi connectivity index (χ0v) is 28.1. The molecule has 0 atom stereocenters. The molecule has 2 amide bonds. The molecule has 51 heavy (non-hydrogen) atoms. The molecule has 14 nitrogen and oxygen atoms in total. The minimum absolute atomic E-state index is 0.138. The average molecular weight is 693 g/mol. The van der Waals surface area contributed by atoms with Gasteiger partial charge in [-0.25, -0.2) is 0 Å². The molecule has 264 valence electrons. The number of anilines is 5. The maximum atomic E-state index is 12.7. The van der Waals surface area contributed by atoms with Gasteiger partial charge in [0.05, 0.1) is 33.5 Å². The molecule has 14 heteroatoms. The van der Waals surface area contributed by atoms with E-state index in [1.54, 1.807) is 67.8 Å². The number of hydrogen-bond acceptors (Lipinski definition) is 12. The summed E-state index contributed by atoms with van der Waals surface area (Å²) in [5.74, 6) is 1.38. The minimum atomic E-state index is -0.203. The van der Waals surface area contributed by atoms with Crippen LogP contribution in [0.15, 0.2) is 103 Å². The predicted octanol–water partition coefficient (Wildman–Crippen LogP) is 4.88. The lowest BCUT2D eigenvalue weighted by Crippen LogP contribution is -2.27. The molecule has 1 heterocycles. The quantitative estimate of drug-likeness (QED) is 0.0511. The summed E-state index contributed by atoms with van der Waals surface area (Å²) in [5.41, 5.74) is 3.40. The standard InChI is InChI=1S/C37H40N8O6/c1-49-32-17-7-26(8-18-32)25-40-34(48)28-9-11-29(12-10-28)41-36-43-35(44-37(45-36)42-30-13-15-31(46)16-14-30)39-20-22-51-24-23-50-21-19-38-33(47)27-5-3-2-4-6-27/h2-18,46H,19-25H2,1H3,(H,38,47)(H,40,48)(H3,39,41,42,43,44,45). The fourth-order valence-electron chi connectivity index (χ4n) is 4.59. The maximum absolute atomic E-state index is 12.7. The summed E-state index contributed by atoms with van der Waals surface area (Å²) in [5, 5.41) is 24.8. The van der Waals surface area contributed by atoms with E-state index in [9.17, 15) is 14.7 Å². The number of carbonyl (C=O) groups excluding carboxylic acids is 2. The second kappa shape index (κ2) is 19.1. The van der Waals surface area contributed by atoms with Crippen molar-refractivity contribution in [3.05, 3.63) is 120 Å². The molecule has 6 N–H and O–H groups in total. The third kappa shape index (κ3) is 12.0. The first-order valence-corrected chi connectivity index (χ1v) is 16.3. The number of methoxy groups -OCH3 is 1. The number of aromatic hydroxyl groups is 1. The van der Waals surface area contributed by atoms with Crippen LogP contribution in [0.1, 0.15) is 26.3 Å². The predicted molar refractivity (Wildman–Crippen MR) is 194 cm³/mol. The molecule has 0 aliphatic carbocycles. The van der Waals surface area contributed by atoms with Crippen molar-refractivity contribution in [3.63, 3.8) is 0 Å². The smallest absolute Gasteiger partial charge is 0.251 e. The summed E-state index contributed by atoms with van der Waals surface area (Å²) in [7, 11) is 1.61. The highest BCUT2D eigenvalue weighted by Gasteiger charge is 2.10. The van der Waals surface area contributed by atoms with Gasteiger partial charge in [0, 0.05) is 42.1 Å². The highest BCUT2D eigenvalue weighted by Crippen LogP contribution is 2.21. The number of benzene rings is 4. The van der Waals surface area contributed by atoms with E-state index in [0.29, 0.717) is 74.5 Å². The Morgan fingerprint density at radius 1 is 0.608 bits per heavy atom. The number of phenols is 1. The van der Waals surface area contributed by atoms with Crippen LogP contribution in [0.4, 0.5) is 29.2 Å². The van der Waals surface area contributed by atoms with Crippen LogP contribution < -0.4 is 31.3 Å². The zero-order chi connectivity index (χ0) is 35.7. The van der Waals surface area contributed by atoms with E-state index in [1.165, 1.54) is 0 Å². The highest BCUT2D eigenvalue weighted by atomic mass is 16.5. The van der Waals surface area contributed by atoms with Gasteiger partial charge in [-0.1, -0.05) is 30.3 Å². The van der Waals surface area contributed by atoms with E-state index >= 15 is 0 Å². The van der Waals surface area contributed by atoms with Gasteiger partial charge in [-0.3, -0.25) is 9.59 Å². The lowest BCUT2D eigenvalue weighted by molar-refractivity contribution is 0.0519. The Kier molecular flexibility index (Phi) is 13.5. The van der Waals surface area contributed by atoms with Crippen LogP contribution in [-0.2, 0) is 16.0 Å². The number of nitrogens with zero attached hydrogens (tertiary/aromatic N) is 3. The molecule has 0 saturated heterocycles. The monoisotopic (exact) mass is 692 g/mol. The van der Waals surface area contributed by atoms with Gasteiger partial charge in [-0.05, 0) is 78.4 Å². The molecule has 1 aromatic heterocycles. The fourth-order valence-corrected chi connectivity index (χ4v) is 4.59. The van der Waals surface area contributed by atoms with E-state index in [4.69, 9.17) is 14.2 Å². The van der Waals surface area contributed by atoms with E-state index < -0.39 is 0 Å². The molecular weight excluding hydrogens is 652 g/mol. The second-order valence-electron chi connectivity index (χ2n) is 11.0. The third-order valence-electron chi connectivity index (χ3n) is 7.24. The van der Waals surface area contributed by atoms with Gasteiger partial charge in [-0.2, -0.15) is 15.0 Å². The lowest BCUT2D eigenvalue weighted by Gasteiger charge is -2.12. The van der Waals surface area contributed by atoms with Gasteiger partial charge < -0.3 is 45.9 Å². The molecule has 5 aromatic rings. The summed E-state index contributed by atoms with van der Waals surface area (Å²) in [6.45, 7) is 2.69. The Bertz CT molecular complexity index is 1830. The van der Waals surface area contributed by atoms with Crippen LogP contribution in [-0.4, -0.2) is 78.5 Å². The number of ether oxygens (including phenoxy) is 3. The highest BCUT2D eigenvalue weighted by molar-refractivity contribution is 5.94. The van der Waals surface area contributed by atoms with Crippen LogP contribution in [0, 0.1) is 0 Å². The Morgan fingerprint density at radius 2 is 1.16 bits per heavy atom. The molecule has 0 bridgehead atoms. The number of nitrogens with one attached hydrogen (secondary N) is 5. The molecule has 4 aromatic carbocycles. The third-order valence-corrected chi connectivity index (χ3v) is 7.24. The van der Waals surface area contributed by atoms with Crippen LogP contribution in [0.5, 0.6) is 11.5 Å². The zero-order valence-electron chi connectivity index (χ0n) is 28.1. The summed E-state index contributed by atoms with van der Waals surface area (Å²) in [4.78, 5) is 38.3. The normalized spacial score (nSPS) is 10.6. The molecule has 0 unspecified atom stereocenters. The Morgan fingerprint density at radius 3 is 1.78 bits per heavy atom. The Balaban J connectivity index is 1.09. The molecule has 0 fully saturated rings. The van der Waals surface area contributed by atoms with Crippen molar-refractivity contribution in [1.29, 1.82) is 0 Å². The van der Waals surface area contributed by atoms with Crippen molar-refractivity contribution in [2.75, 3.05) is 62.6 Å². The summed E-state index contributed by atoms with van der Waals surface area (Å²) < 4.78 is 16.4. The van der Waals surface area contributed by atoms with Crippen LogP contribution >= 0.6 is 0 Å². The molecule has 0 radical (unpaired) electrons. The van der Waals surface area contributed by atoms with Crippen molar-refractivity contribution < 1.29 is 28.9 Å². The summed E-state index contributed by atoms with van der Waals surface area (Å²) in [6, 6.07) is 30.0. The molecule has 0 aliphatic rings. The van der Waals surface area contributed by atoms with Gasteiger partial charge in [-0.15, -0.1) is 0 Å². The summed E-state index contributed by atoms with van der Waals surface area (Å²) >= 11 is 0. The SMILES string of the molecule is COc1ccc(CNC(=O)c2ccc(Nc3nc(NCCOCCOCCNC(=O)c4ccccc4)nc(Nc4ccc(O)cc4)n3)cc2)cc1. The first kappa shape index (κ1) is 36.0. The van der Waals surface area contributed by atoms with E-state index in [-0.39, 0.29) is 29.5 Å². The Hall–Kier alpha value is -6.25. The average Bonchev–Trinajstić information content (AvgIpc) is 3.16. The van der Waals surface area contributed by atoms with Crippen molar-refractivity contribution in [1.82, 2.24) is 25.6 Å². The fraction of sp³-hybridized carbons (Fsp3) is 0.216. The number of amides is 2. The van der Waals surface area contributed by atoms with Gasteiger partial charge >= 0.3 is 0 Å². The second-order valence-corrected chi connectivity index (χ2v) is 11.0. The van der Waals surface area contributed by atoms with Crippen LogP contribution in [0.3, 0.4) is 0 Å². The molecule has 0 aliphatic heterocycles. The van der Waals surface area contributed by atoms with Gasteiger partial charge in [0.1, 0.15) is 11.5 Å². The number of rotatable bonds is 19. The number of phenolic OH excluding ortho intramolecular Hbond substituents is 1. The van der Waals surface area contributed by atoms with Crippen molar-refractivity contribution >= 4 is 41.0 Å². The number of hydrogen-bond donors (Lipinski definition) is 6. The van der Waals surface area contributed by atoms with Crippen molar-refractivity contribution in [2.45, 2.75) is 6.54 Å². The van der Waals surface area contributed by atoms with Crippen molar-refractivity contribution in [2.24, 2.45) is 0 Å². The number of aromatic nitrogens is 3. The number of carbonyl (C=O) groups is 2. The van der Waals surface area contributed by atoms with Crippen LogP contribution in [0.25, 0.3) is 0 Å². The molecule has 5 rings (SSSR count). The topological polar surface area (TPSA) is 181 Å². The lowest BCUT2D eigenvalue weighted by atomic mass is 10.1. The van der Waals surface area contributed by atoms with E-state index in [2.05, 4.69) is 41.5 Å².